The first-order chi connectivity index (χ1) is 10.3. The van der Waals surface area contributed by atoms with Crippen LogP contribution in [0.3, 0.4) is 0 Å². The number of β-amino-alcohol motifs (C(OH)–C–C–N with tert-alkyl or cyclic N) is 1. The fraction of sp³-hybridized carbons (Fsp3) is 0.588. The van der Waals surface area contributed by atoms with Gasteiger partial charge in [0.25, 0.3) is 0 Å². The second-order valence-electron chi connectivity index (χ2n) is 6.42. The van der Waals surface area contributed by atoms with Crippen molar-refractivity contribution in [1.29, 1.82) is 0 Å². The summed E-state index contributed by atoms with van der Waals surface area (Å²) in [4.78, 5) is 11.6. The smallest absolute Gasteiger partial charge is 0.222 e. The fourth-order valence-corrected chi connectivity index (χ4v) is 1.74. The molecule has 0 saturated heterocycles. The van der Waals surface area contributed by atoms with Crippen molar-refractivity contribution in [3.8, 4) is 5.75 Å². The maximum absolute atomic E-state index is 11.6. The quantitative estimate of drug-likeness (QED) is 0.647. The van der Waals surface area contributed by atoms with Crippen LogP contribution in [0.4, 0.5) is 0 Å². The number of amides is 1. The van der Waals surface area contributed by atoms with Crippen molar-refractivity contribution in [2.75, 3.05) is 19.7 Å². The summed E-state index contributed by atoms with van der Waals surface area (Å²) in [7, 11) is 0. The highest BCUT2D eigenvalue weighted by molar-refractivity contribution is 5.77. The van der Waals surface area contributed by atoms with Gasteiger partial charge in [0.1, 0.15) is 18.5 Å². The highest BCUT2D eigenvalue weighted by Gasteiger charge is 2.20. The molecule has 0 aromatic heterocycles. The van der Waals surface area contributed by atoms with E-state index in [2.05, 4.69) is 10.6 Å². The molecule has 0 bridgehead atoms. The van der Waals surface area contributed by atoms with Gasteiger partial charge in [-0.1, -0.05) is 32.0 Å². The number of hydrogen-bond acceptors (Lipinski definition) is 4. The van der Waals surface area contributed by atoms with Gasteiger partial charge in [-0.2, -0.15) is 0 Å². The molecule has 0 aliphatic rings. The van der Waals surface area contributed by atoms with Gasteiger partial charge in [0.15, 0.2) is 0 Å². The molecule has 1 atom stereocenters. The van der Waals surface area contributed by atoms with E-state index in [1.165, 1.54) is 0 Å². The molecule has 0 aliphatic heterocycles. The van der Waals surface area contributed by atoms with E-state index in [1.807, 2.05) is 58.0 Å². The summed E-state index contributed by atoms with van der Waals surface area (Å²) in [5.74, 6) is 0.744. The zero-order chi connectivity index (χ0) is 16.6. The van der Waals surface area contributed by atoms with Crippen LogP contribution in [-0.2, 0) is 4.79 Å². The predicted octanol–water partition coefficient (Wildman–Crippen LogP) is 1.57. The number of ether oxygens (including phenoxy) is 1. The molecule has 0 radical (unpaired) electrons. The van der Waals surface area contributed by atoms with Gasteiger partial charge in [0, 0.05) is 24.5 Å². The zero-order valence-electron chi connectivity index (χ0n) is 13.9. The van der Waals surface area contributed by atoms with Crippen LogP contribution in [0.5, 0.6) is 5.75 Å². The summed E-state index contributed by atoms with van der Waals surface area (Å²) in [5, 5.41) is 16.1. The molecular formula is C17H28N2O3. The average molecular weight is 308 g/mol. The third-order valence-corrected chi connectivity index (χ3v) is 3.23. The van der Waals surface area contributed by atoms with Crippen molar-refractivity contribution < 1.29 is 14.6 Å². The van der Waals surface area contributed by atoms with E-state index >= 15 is 0 Å². The first kappa shape index (κ1) is 18.5. The van der Waals surface area contributed by atoms with Crippen LogP contribution in [0.1, 0.15) is 27.7 Å². The van der Waals surface area contributed by atoms with Gasteiger partial charge in [0.2, 0.25) is 5.91 Å². The number of carbonyl (C=O) groups excluding carboxylic acids is 1. The molecule has 5 nitrogen and oxygen atoms in total. The Balaban J connectivity index is 2.26. The number of aliphatic hydroxyl groups excluding tert-OH is 1. The molecule has 1 rings (SSSR count). The molecule has 1 aromatic carbocycles. The summed E-state index contributed by atoms with van der Waals surface area (Å²) < 4.78 is 5.50. The van der Waals surface area contributed by atoms with E-state index in [9.17, 15) is 9.90 Å². The van der Waals surface area contributed by atoms with E-state index in [0.29, 0.717) is 13.1 Å². The lowest BCUT2D eigenvalue weighted by Gasteiger charge is -2.28. The van der Waals surface area contributed by atoms with Gasteiger partial charge >= 0.3 is 0 Å². The molecule has 0 fully saturated rings. The highest BCUT2D eigenvalue weighted by atomic mass is 16.5. The van der Waals surface area contributed by atoms with E-state index in [1.54, 1.807) is 0 Å². The Bertz CT molecular complexity index is 446. The summed E-state index contributed by atoms with van der Waals surface area (Å²) in [5.41, 5.74) is -0.293. The molecular weight excluding hydrogens is 280 g/mol. The maximum Gasteiger partial charge on any atom is 0.222 e. The van der Waals surface area contributed by atoms with Crippen LogP contribution in [0, 0.1) is 5.92 Å². The SMILES string of the molecule is CC(C)C(=O)NCC(C)(C)NC[C@H](O)COc1ccccc1. The van der Waals surface area contributed by atoms with Crippen LogP contribution >= 0.6 is 0 Å². The van der Waals surface area contributed by atoms with Gasteiger partial charge < -0.3 is 20.5 Å². The number of aliphatic hydroxyl groups is 1. The van der Waals surface area contributed by atoms with E-state index < -0.39 is 6.10 Å². The molecule has 0 saturated carbocycles. The Morgan fingerprint density at radius 3 is 2.50 bits per heavy atom. The van der Waals surface area contributed by atoms with Crippen LogP contribution < -0.4 is 15.4 Å². The molecule has 0 heterocycles. The highest BCUT2D eigenvalue weighted by Crippen LogP contribution is 2.08. The van der Waals surface area contributed by atoms with Gasteiger partial charge in [-0.25, -0.2) is 0 Å². The largest absolute Gasteiger partial charge is 0.491 e. The first-order valence-corrected chi connectivity index (χ1v) is 7.69. The van der Waals surface area contributed by atoms with Gasteiger partial charge in [-0.15, -0.1) is 0 Å². The molecule has 0 unspecified atom stereocenters. The summed E-state index contributed by atoms with van der Waals surface area (Å²) >= 11 is 0. The minimum Gasteiger partial charge on any atom is -0.491 e. The number of para-hydroxylation sites is 1. The average Bonchev–Trinajstić information content (AvgIpc) is 2.49. The molecule has 3 N–H and O–H groups in total. The minimum atomic E-state index is -0.611. The summed E-state index contributed by atoms with van der Waals surface area (Å²) in [6.45, 7) is 8.83. The number of carbonyl (C=O) groups is 1. The van der Waals surface area contributed by atoms with Gasteiger partial charge in [0.05, 0.1) is 0 Å². The lowest BCUT2D eigenvalue weighted by atomic mass is 10.0. The maximum atomic E-state index is 11.6. The molecule has 124 valence electrons. The normalized spacial score (nSPS) is 13.0. The Labute approximate surface area is 133 Å². The standard InChI is InChI=1S/C17H28N2O3/c1-13(2)16(21)18-12-17(3,4)19-10-14(20)11-22-15-8-6-5-7-9-15/h5-9,13-14,19-20H,10-12H2,1-4H3,(H,18,21)/t14-/m0/s1. The number of hydrogen-bond donors (Lipinski definition) is 3. The molecule has 22 heavy (non-hydrogen) atoms. The topological polar surface area (TPSA) is 70.6 Å². The third kappa shape index (κ3) is 7.43. The van der Waals surface area contributed by atoms with Crippen molar-refractivity contribution in [1.82, 2.24) is 10.6 Å². The summed E-state index contributed by atoms with van der Waals surface area (Å²) in [6.07, 6.45) is -0.611. The Morgan fingerprint density at radius 1 is 1.27 bits per heavy atom. The lowest BCUT2D eigenvalue weighted by molar-refractivity contribution is -0.124. The van der Waals surface area contributed by atoms with Crippen molar-refractivity contribution in [2.24, 2.45) is 5.92 Å². The number of nitrogens with one attached hydrogen (secondary N) is 2. The lowest BCUT2D eigenvalue weighted by Crippen LogP contribution is -2.52. The second-order valence-corrected chi connectivity index (χ2v) is 6.42. The Hall–Kier alpha value is -1.59. The molecule has 0 aliphatic carbocycles. The van der Waals surface area contributed by atoms with E-state index in [-0.39, 0.29) is 24.0 Å². The monoisotopic (exact) mass is 308 g/mol. The Kier molecular flexibility index (Phi) is 7.35. The van der Waals surface area contributed by atoms with E-state index in [4.69, 9.17) is 4.74 Å². The Morgan fingerprint density at radius 2 is 1.91 bits per heavy atom. The molecule has 5 heteroatoms. The minimum absolute atomic E-state index is 0.0272. The third-order valence-electron chi connectivity index (χ3n) is 3.23. The van der Waals surface area contributed by atoms with Crippen LogP contribution in [0.2, 0.25) is 0 Å². The van der Waals surface area contributed by atoms with Crippen molar-refractivity contribution >= 4 is 5.91 Å². The van der Waals surface area contributed by atoms with Crippen LogP contribution in [-0.4, -0.2) is 42.4 Å². The first-order valence-electron chi connectivity index (χ1n) is 7.69. The van der Waals surface area contributed by atoms with E-state index in [0.717, 1.165) is 5.75 Å². The fourth-order valence-electron chi connectivity index (χ4n) is 1.74. The van der Waals surface area contributed by atoms with Gasteiger partial charge in [-0.3, -0.25) is 4.79 Å². The predicted molar refractivity (Wildman–Crippen MR) is 87.9 cm³/mol. The van der Waals surface area contributed by atoms with Crippen LogP contribution in [0.25, 0.3) is 0 Å². The zero-order valence-corrected chi connectivity index (χ0v) is 13.9. The van der Waals surface area contributed by atoms with Crippen molar-refractivity contribution in [3.63, 3.8) is 0 Å². The molecule has 0 spiro atoms. The van der Waals surface area contributed by atoms with Crippen LogP contribution in [0.15, 0.2) is 30.3 Å². The number of rotatable bonds is 9. The van der Waals surface area contributed by atoms with Gasteiger partial charge in [-0.05, 0) is 26.0 Å². The summed E-state index contributed by atoms with van der Waals surface area (Å²) in [6, 6.07) is 9.40. The number of benzene rings is 1. The van der Waals surface area contributed by atoms with Crippen molar-refractivity contribution in [3.05, 3.63) is 30.3 Å². The second kappa shape index (κ2) is 8.76. The molecule has 1 amide bonds. The van der Waals surface area contributed by atoms with Crippen molar-refractivity contribution in [2.45, 2.75) is 39.3 Å². The molecule has 1 aromatic rings.